The lowest BCUT2D eigenvalue weighted by Crippen LogP contribution is -2.35. The Hall–Kier alpha value is -1.64. The highest BCUT2D eigenvalue weighted by molar-refractivity contribution is 5.17. The van der Waals surface area contributed by atoms with Gasteiger partial charge in [-0.3, -0.25) is 0 Å². The van der Waals surface area contributed by atoms with Gasteiger partial charge in [0.2, 0.25) is 0 Å². The second kappa shape index (κ2) is 9.00. The molecule has 2 nitrogen and oxygen atoms in total. The van der Waals surface area contributed by atoms with Crippen molar-refractivity contribution in [1.29, 1.82) is 0 Å². The van der Waals surface area contributed by atoms with Gasteiger partial charge in [0.15, 0.2) is 0 Å². The number of likely N-dealkylation sites (tertiary alicyclic amines) is 1. The van der Waals surface area contributed by atoms with Gasteiger partial charge in [-0.1, -0.05) is 60.7 Å². The van der Waals surface area contributed by atoms with E-state index in [0.29, 0.717) is 0 Å². The topological polar surface area (TPSA) is 23.5 Å². The van der Waals surface area contributed by atoms with Crippen molar-refractivity contribution in [2.75, 3.05) is 19.6 Å². The van der Waals surface area contributed by atoms with Crippen molar-refractivity contribution in [1.82, 2.24) is 4.90 Å². The summed E-state index contributed by atoms with van der Waals surface area (Å²) in [5.74, 6) is 0.832. The monoisotopic (exact) mass is 323 g/mol. The summed E-state index contributed by atoms with van der Waals surface area (Å²) >= 11 is 0. The van der Waals surface area contributed by atoms with Crippen LogP contribution in [0.25, 0.3) is 0 Å². The molecule has 0 radical (unpaired) electrons. The number of aliphatic hydroxyl groups excluding tert-OH is 1. The van der Waals surface area contributed by atoms with Crippen LogP contribution in [0.1, 0.15) is 42.9 Å². The van der Waals surface area contributed by atoms with Crippen molar-refractivity contribution >= 4 is 0 Å². The van der Waals surface area contributed by atoms with E-state index in [1.54, 1.807) is 0 Å². The quantitative estimate of drug-likeness (QED) is 0.813. The molecule has 0 amide bonds. The van der Waals surface area contributed by atoms with Gasteiger partial charge in [0, 0.05) is 0 Å². The first-order valence-corrected chi connectivity index (χ1v) is 9.30. The maximum absolute atomic E-state index is 10.2. The van der Waals surface area contributed by atoms with Crippen LogP contribution in [-0.4, -0.2) is 29.6 Å². The number of hydrogen-bond donors (Lipinski definition) is 1. The van der Waals surface area contributed by atoms with Crippen LogP contribution in [0.15, 0.2) is 60.7 Å². The van der Waals surface area contributed by atoms with E-state index in [1.165, 1.54) is 37.9 Å². The number of piperidine rings is 1. The van der Waals surface area contributed by atoms with Crippen LogP contribution in [0.3, 0.4) is 0 Å². The van der Waals surface area contributed by atoms with E-state index in [4.69, 9.17) is 0 Å². The van der Waals surface area contributed by atoms with Gasteiger partial charge in [-0.05, 0) is 68.8 Å². The zero-order valence-corrected chi connectivity index (χ0v) is 14.5. The first-order chi connectivity index (χ1) is 11.8. The molecule has 1 aliphatic rings. The van der Waals surface area contributed by atoms with Crippen molar-refractivity contribution < 1.29 is 5.11 Å². The minimum Gasteiger partial charge on any atom is -0.388 e. The van der Waals surface area contributed by atoms with Crippen molar-refractivity contribution in [3.8, 4) is 0 Å². The Morgan fingerprint density at radius 3 is 2.21 bits per heavy atom. The van der Waals surface area contributed by atoms with Crippen molar-refractivity contribution in [3.63, 3.8) is 0 Å². The fourth-order valence-corrected chi connectivity index (χ4v) is 3.71. The molecule has 3 rings (SSSR count). The zero-order chi connectivity index (χ0) is 16.6. The summed E-state index contributed by atoms with van der Waals surface area (Å²) in [5.41, 5.74) is 2.51. The van der Waals surface area contributed by atoms with Crippen LogP contribution < -0.4 is 0 Å². The largest absolute Gasteiger partial charge is 0.388 e. The van der Waals surface area contributed by atoms with Gasteiger partial charge in [-0.15, -0.1) is 0 Å². The molecule has 1 heterocycles. The fourth-order valence-electron chi connectivity index (χ4n) is 3.71. The van der Waals surface area contributed by atoms with Gasteiger partial charge in [-0.25, -0.2) is 0 Å². The van der Waals surface area contributed by atoms with Gasteiger partial charge < -0.3 is 10.0 Å². The van der Waals surface area contributed by atoms with E-state index in [2.05, 4.69) is 35.2 Å². The summed E-state index contributed by atoms with van der Waals surface area (Å²) in [6.45, 7) is 3.53. The summed E-state index contributed by atoms with van der Waals surface area (Å²) in [4.78, 5) is 2.57. The highest BCUT2D eigenvalue weighted by Crippen LogP contribution is 2.23. The molecule has 2 aromatic carbocycles. The number of aliphatic hydroxyl groups is 1. The Bertz CT molecular complexity index is 575. The van der Waals surface area contributed by atoms with Crippen LogP contribution in [-0.2, 0) is 6.42 Å². The molecule has 0 unspecified atom stereocenters. The van der Waals surface area contributed by atoms with Gasteiger partial charge >= 0.3 is 0 Å². The number of rotatable bonds is 7. The van der Waals surface area contributed by atoms with E-state index >= 15 is 0 Å². The minimum atomic E-state index is -0.318. The molecule has 1 fully saturated rings. The fraction of sp³-hybridized carbons (Fsp3) is 0.455. The molecule has 1 N–H and O–H groups in total. The summed E-state index contributed by atoms with van der Waals surface area (Å²) in [6.07, 6.45) is 5.43. The Morgan fingerprint density at radius 2 is 1.54 bits per heavy atom. The number of nitrogens with zero attached hydrogens (tertiary/aromatic N) is 1. The molecule has 1 saturated heterocycles. The lowest BCUT2D eigenvalue weighted by Gasteiger charge is -2.32. The van der Waals surface area contributed by atoms with Crippen LogP contribution in [0.2, 0.25) is 0 Å². The standard InChI is InChI=1S/C22H29NO/c24-22(21-10-5-2-6-11-21)12-7-15-23-16-13-20(14-17-23)18-19-8-3-1-4-9-19/h1-6,8-11,20,22,24H,7,12-18H2/t22-/m0/s1. The van der Waals surface area contributed by atoms with Crippen LogP contribution in [0.4, 0.5) is 0 Å². The van der Waals surface area contributed by atoms with Crippen molar-refractivity contribution in [3.05, 3.63) is 71.8 Å². The second-order valence-electron chi connectivity index (χ2n) is 7.04. The summed E-state index contributed by atoms with van der Waals surface area (Å²) in [7, 11) is 0. The van der Waals surface area contributed by atoms with Crippen LogP contribution in [0.5, 0.6) is 0 Å². The zero-order valence-electron chi connectivity index (χ0n) is 14.5. The van der Waals surface area contributed by atoms with E-state index in [9.17, 15) is 5.11 Å². The molecule has 0 saturated carbocycles. The molecule has 2 heteroatoms. The summed E-state index contributed by atoms with van der Waals surface area (Å²) in [5, 5.41) is 10.2. The van der Waals surface area contributed by atoms with Crippen LogP contribution >= 0.6 is 0 Å². The van der Waals surface area contributed by atoms with Crippen molar-refractivity contribution in [2.45, 2.75) is 38.2 Å². The summed E-state index contributed by atoms with van der Waals surface area (Å²) < 4.78 is 0. The maximum atomic E-state index is 10.2. The smallest absolute Gasteiger partial charge is 0.0790 e. The Balaban J connectivity index is 1.34. The van der Waals surface area contributed by atoms with Gasteiger partial charge in [0.25, 0.3) is 0 Å². The van der Waals surface area contributed by atoms with E-state index in [0.717, 1.165) is 30.9 Å². The SMILES string of the molecule is O[C@@H](CCCN1CCC(Cc2ccccc2)CC1)c1ccccc1. The predicted octanol–water partition coefficient (Wildman–Crippen LogP) is 4.45. The Morgan fingerprint density at radius 1 is 0.917 bits per heavy atom. The Labute approximate surface area is 146 Å². The van der Waals surface area contributed by atoms with Crippen LogP contribution in [0, 0.1) is 5.92 Å². The highest BCUT2D eigenvalue weighted by atomic mass is 16.3. The molecule has 0 aromatic heterocycles. The van der Waals surface area contributed by atoms with E-state index in [1.807, 2.05) is 30.3 Å². The molecule has 1 aliphatic heterocycles. The molecular weight excluding hydrogens is 294 g/mol. The highest BCUT2D eigenvalue weighted by Gasteiger charge is 2.19. The van der Waals surface area contributed by atoms with E-state index in [-0.39, 0.29) is 6.10 Å². The molecule has 24 heavy (non-hydrogen) atoms. The summed E-state index contributed by atoms with van der Waals surface area (Å²) in [6, 6.07) is 20.9. The van der Waals surface area contributed by atoms with Gasteiger partial charge in [-0.2, -0.15) is 0 Å². The Kier molecular flexibility index (Phi) is 6.45. The third-order valence-corrected chi connectivity index (χ3v) is 5.21. The minimum absolute atomic E-state index is 0.318. The number of benzene rings is 2. The third kappa shape index (κ3) is 5.19. The van der Waals surface area contributed by atoms with Gasteiger partial charge in [0.1, 0.15) is 0 Å². The molecular formula is C22H29NO. The first kappa shape index (κ1) is 17.2. The number of hydrogen-bond acceptors (Lipinski definition) is 2. The molecule has 0 bridgehead atoms. The molecule has 2 aromatic rings. The van der Waals surface area contributed by atoms with E-state index < -0.39 is 0 Å². The predicted molar refractivity (Wildman–Crippen MR) is 99.9 cm³/mol. The average Bonchev–Trinajstić information content (AvgIpc) is 2.65. The second-order valence-corrected chi connectivity index (χ2v) is 7.04. The molecule has 0 aliphatic carbocycles. The lowest BCUT2D eigenvalue weighted by atomic mass is 9.90. The first-order valence-electron chi connectivity index (χ1n) is 9.30. The molecule has 0 spiro atoms. The van der Waals surface area contributed by atoms with Crippen molar-refractivity contribution in [2.24, 2.45) is 5.92 Å². The molecule has 128 valence electrons. The molecule has 1 atom stereocenters. The van der Waals surface area contributed by atoms with Gasteiger partial charge in [0.05, 0.1) is 6.10 Å². The maximum Gasteiger partial charge on any atom is 0.0790 e. The lowest BCUT2D eigenvalue weighted by molar-refractivity contribution is 0.142. The average molecular weight is 323 g/mol. The third-order valence-electron chi connectivity index (χ3n) is 5.21. The normalized spacial score (nSPS) is 17.7.